The number of carbonyl (C=O) groups excluding carboxylic acids is 3. The highest BCUT2D eigenvalue weighted by molar-refractivity contribution is 14.1. The molecule has 1 N–H and O–H groups in total. The number of carboxylic acid groups (broad SMARTS) is 1. The first-order chi connectivity index (χ1) is 14.6. The van der Waals surface area contributed by atoms with E-state index in [4.69, 9.17) is 14.2 Å². The number of hydrogen-bond donors (Lipinski definition) is 1. The molecule has 0 bridgehead atoms. The summed E-state index contributed by atoms with van der Waals surface area (Å²) in [6.45, 7) is -0.0351. The third-order valence-corrected chi connectivity index (χ3v) is 10.4. The summed E-state index contributed by atoms with van der Waals surface area (Å²) in [5.41, 5.74) is -0.0438. The van der Waals surface area contributed by atoms with Crippen molar-refractivity contribution in [3.63, 3.8) is 0 Å². The van der Waals surface area contributed by atoms with Crippen molar-refractivity contribution in [2.45, 2.75) is 12.5 Å². The van der Waals surface area contributed by atoms with Gasteiger partial charge < -0.3 is 19.3 Å². The number of ether oxygens (including phenoxy) is 3. The van der Waals surface area contributed by atoms with Crippen LogP contribution in [-0.4, -0.2) is 41.7 Å². The van der Waals surface area contributed by atoms with Crippen molar-refractivity contribution in [3.05, 3.63) is 55.2 Å². The quantitative estimate of drug-likeness (QED) is 0.154. The fourth-order valence-electron chi connectivity index (χ4n) is 2.66. The van der Waals surface area contributed by atoms with Gasteiger partial charge in [0.2, 0.25) is 0 Å². The van der Waals surface area contributed by atoms with E-state index >= 15 is 0 Å². The second-order valence-electron chi connectivity index (χ2n) is 6.11. The summed E-state index contributed by atoms with van der Waals surface area (Å²) in [5, 5.41) is 9.56. The van der Waals surface area contributed by atoms with E-state index in [0.29, 0.717) is 10.7 Å². The molecule has 0 saturated carbocycles. The summed E-state index contributed by atoms with van der Waals surface area (Å²) in [6, 6.07) is 5.94. The molecule has 1 heterocycles. The maximum atomic E-state index is 12.9. The highest BCUT2D eigenvalue weighted by atomic mass is 127. The van der Waals surface area contributed by atoms with Gasteiger partial charge in [0.1, 0.15) is 12.7 Å². The van der Waals surface area contributed by atoms with Crippen LogP contribution >= 0.6 is 90.4 Å². The average Bonchev–Trinajstić information content (AvgIpc) is 3.13. The molecular weight excluding hydrogens is 864 g/mol. The van der Waals surface area contributed by atoms with Gasteiger partial charge in [0.25, 0.3) is 0 Å². The minimum Gasteiger partial charge on any atom is -0.478 e. The smallest absolute Gasteiger partial charge is 0.344 e. The van der Waals surface area contributed by atoms with E-state index in [9.17, 15) is 24.3 Å². The molecule has 1 atom stereocenters. The van der Waals surface area contributed by atoms with E-state index in [0.717, 1.165) is 0 Å². The van der Waals surface area contributed by atoms with E-state index in [2.05, 4.69) is 0 Å². The van der Waals surface area contributed by atoms with Crippen molar-refractivity contribution in [2.24, 2.45) is 0 Å². The molecule has 8 nitrogen and oxygen atoms in total. The number of rotatable bonds is 5. The molecule has 3 rings (SSSR count). The Hall–Kier alpha value is -0.760. The van der Waals surface area contributed by atoms with Crippen LogP contribution in [-0.2, 0) is 14.3 Å². The van der Waals surface area contributed by atoms with Gasteiger partial charge in [0.05, 0.1) is 30.3 Å². The number of cyclic esters (lactones) is 1. The predicted molar refractivity (Wildman–Crippen MR) is 140 cm³/mol. The molecule has 0 aliphatic carbocycles. The standard InChI is InChI=1S/C19H10I4O8/c20-12-11(17(25)26)13(21)16(15(23)14(12)22)31-19(28)9-4-2-1-3-8(9)18(27)30-7-5-10(24)29-6-7/h1-4,7H,5-6H2,(H,25,26). The Morgan fingerprint density at radius 3 is 2.10 bits per heavy atom. The van der Waals surface area contributed by atoms with E-state index in [1.54, 1.807) is 12.1 Å². The number of aromatic carboxylic acids is 1. The average molecular weight is 874 g/mol. The predicted octanol–water partition coefficient (Wildman–Crippen LogP) is 4.49. The Morgan fingerprint density at radius 1 is 0.935 bits per heavy atom. The minimum absolute atomic E-state index is 0.0319. The van der Waals surface area contributed by atoms with Gasteiger partial charge in [0, 0.05) is 7.14 Å². The molecule has 12 heteroatoms. The van der Waals surface area contributed by atoms with Crippen LogP contribution in [0.3, 0.4) is 0 Å². The molecule has 1 saturated heterocycles. The lowest BCUT2D eigenvalue weighted by atomic mass is 10.1. The van der Waals surface area contributed by atoms with Gasteiger partial charge in [0.15, 0.2) is 5.75 Å². The van der Waals surface area contributed by atoms with E-state index in [-0.39, 0.29) is 39.0 Å². The van der Waals surface area contributed by atoms with Crippen molar-refractivity contribution in [2.75, 3.05) is 6.61 Å². The topological polar surface area (TPSA) is 116 Å². The summed E-state index contributed by atoms with van der Waals surface area (Å²) in [7, 11) is 0. The van der Waals surface area contributed by atoms with Crippen LogP contribution in [0.5, 0.6) is 5.75 Å². The molecular formula is C19H10I4O8. The van der Waals surface area contributed by atoms with Crippen molar-refractivity contribution < 1.29 is 38.5 Å². The Kier molecular flexibility index (Phi) is 8.38. The van der Waals surface area contributed by atoms with Crippen molar-refractivity contribution in [3.8, 4) is 5.75 Å². The van der Waals surface area contributed by atoms with E-state index < -0.39 is 30.0 Å². The molecule has 0 radical (unpaired) electrons. The summed E-state index contributed by atoms with van der Waals surface area (Å²) in [5.74, 6) is -3.12. The Balaban J connectivity index is 1.93. The van der Waals surface area contributed by atoms with Gasteiger partial charge >= 0.3 is 23.9 Å². The van der Waals surface area contributed by atoms with Crippen molar-refractivity contribution in [1.82, 2.24) is 0 Å². The second kappa shape index (κ2) is 10.4. The van der Waals surface area contributed by atoms with Crippen molar-refractivity contribution >= 4 is 114 Å². The first-order valence-electron chi connectivity index (χ1n) is 8.38. The van der Waals surface area contributed by atoms with Gasteiger partial charge in [-0.15, -0.1) is 0 Å². The monoisotopic (exact) mass is 874 g/mol. The lowest BCUT2D eigenvalue weighted by Gasteiger charge is -2.16. The molecule has 0 amide bonds. The third-order valence-electron chi connectivity index (χ3n) is 4.10. The maximum absolute atomic E-state index is 12.9. The van der Waals surface area contributed by atoms with Crippen LogP contribution in [0.1, 0.15) is 37.5 Å². The van der Waals surface area contributed by atoms with Gasteiger partial charge in [-0.1, -0.05) is 12.1 Å². The highest BCUT2D eigenvalue weighted by Crippen LogP contribution is 2.38. The van der Waals surface area contributed by atoms with Crippen LogP contribution in [0.15, 0.2) is 24.3 Å². The zero-order valence-electron chi connectivity index (χ0n) is 15.1. The highest BCUT2D eigenvalue weighted by Gasteiger charge is 2.30. The van der Waals surface area contributed by atoms with Gasteiger partial charge in [-0.25, -0.2) is 14.4 Å². The van der Waals surface area contributed by atoms with Crippen LogP contribution in [0.4, 0.5) is 0 Å². The zero-order valence-corrected chi connectivity index (χ0v) is 23.7. The van der Waals surface area contributed by atoms with Crippen LogP contribution in [0.25, 0.3) is 0 Å². The molecule has 1 aliphatic rings. The lowest BCUT2D eigenvalue weighted by Crippen LogP contribution is -2.22. The largest absolute Gasteiger partial charge is 0.478 e. The molecule has 162 valence electrons. The minimum atomic E-state index is -1.14. The van der Waals surface area contributed by atoms with Gasteiger partial charge in [-0.2, -0.15) is 0 Å². The molecule has 0 spiro atoms. The fraction of sp³-hybridized carbons (Fsp3) is 0.158. The SMILES string of the molecule is O=C1CC(OC(=O)c2ccccc2C(=O)Oc2c(I)c(I)c(I)c(C(=O)O)c2I)CO1. The summed E-state index contributed by atoms with van der Waals surface area (Å²) in [6.07, 6.45) is -0.768. The fourth-order valence-corrected chi connectivity index (χ4v) is 7.02. The van der Waals surface area contributed by atoms with Crippen molar-refractivity contribution in [1.29, 1.82) is 0 Å². The van der Waals surface area contributed by atoms with Crippen LogP contribution in [0, 0.1) is 14.3 Å². The Morgan fingerprint density at radius 2 is 1.55 bits per heavy atom. The van der Waals surface area contributed by atoms with E-state index in [1.165, 1.54) is 12.1 Å². The van der Waals surface area contributed by atoms with Crippen LogP contribution < -0.4 is 4.74 Å². The van der Waals surface area contributed by atoms with Gasteiger partial charge in [-0.3, -0.25) is 4.79 Å². The first kappa shape index (κ1) is 24.9. The summed E-state index contributed by atoms with van der Waals surface area (Å²) >= 11 is 7.74. The Bertz CT molecular complexity index is 1110. The maximum Gasteiger partial charge on any atom is 0.344 e. The number of carboxylic acids is 1. The first-order valence-corrected chi connectivity index (χ1v) is 12.7. The molecule has 31 heavy (non-hydrogen) atoms. The Labute approximate surface area is 230 Å². The zero-order chi connectivity index (χ0) is 22.9. The summed E-state index contributed by atoms with van der Waals surface area (Å²) < 4.78 is 17.6. The number of carbonyl (C=O) groups is 4. The summed E-state index contributed by atoms with van der Waals surface area (Å²) in [4.78, 5) is 48.4. The molecule has 1 aliphatic heterocycles. The molecule has 1 fully saturated rings. The molecule has 0 aromatic heterocycles. The van der Waals surface area contributed by atoms with Crippen LogP contribution in [0.2, 0.25) is 0 Å². The number of benzene rings is 2. The molecule has 1 unspecified atom stereocenters. The number of esters is 3. The third kappa shape index (κ3) is 5.43. The van der Waals surface area contributed by atoms with Gasteiger partial charge in [-0.05, 0) is 102 Å². The number of hydrogen-bond acceptors (Lipinski definition) is 7. The molecule has 2 aromatic carbocycles. The second-order valence-corrected chi connectivity index (χ2v) is 10.4. The number of halogens is 4. The normalized spacial score (nSPS) is 15.4. The lowest BCUT2D eigenvalue weighted by molar-refractivity contribution is -0.137. The molecule has 2 aromatic rings. The van der Waals surface area contributed by atoms with E-state index in [1.807, 2.05) is 90.4 Å².